The lowest BCUT2D eigenvalue weighted by Gasteiger charge is -2.39. The van der Waals surface area contributed by atoms with Gasteiger partial charge in [0.15, 0.2) is 0 Å². The monoisotopic (exact) mass is 302 g/mol. The molecule has 0 bridgehead atoms. The van der Waals surface area contributed by atoms with Crippen LogP contribution in [-0.4, -0.2) is 58.4 Å². The highest BCUT2D eigenvalue weighted by Crippen LogP contribution is 2.16. The molecule has 6 nitrogen and oxygen atoms in total. The van der Waals surface area contributed by atoms with E-state index < -0.39 is 0 Å². The molecule has 1 aliphatic rings. The molecule has 118 valence electrons. The molecule has 0 aliphatic carbocycles. The van der Waals surface area contributed by atoms with Crippen molar-refractivity contribution >= 4 is 16.9 Å². The van der Waals surface area contributed by atoms with Gasteiger partial charge >= 0.3 is 5.69 Å². The minimum absolute atomic E-state index is 0.164. The molecule has 6 heteroatoms. The van der Waals surface area contributed by atoms with Gasteiger partial charge in [0.25, 0.3) is 0 Å². The molecule has 0 spiro atoms. The number of fused-ring (bicyclic) bond motifs is 1. The number of amides is 1. The second-order valence-electron chi connectivity index (χ2n) is 6.05. The molecule has 0 radical (unpaired) electrons. The molecule has 1 amide bonds. The highest BCUT2D eigenvalue weighted by molar-refractivity contribution is 5.82. The molecular weight excluding hydrogens is 280 g/mol. The highest BCUT2D eigenvalue weighted by Gasteiger charge is 2.27. The first-order chi connectivity index (χ1) is 10.6. The average Bonchev–Trinajstić information content (AvgIpc) is 2.86. The Kier molecular flexibility index (Phi) is 4.02. The van der Waals surface area contributed by atoms with Gasteiger partial charge in [0.1, 0.15) is 0 Å². The smallest absolute Gasteiger partial charge is 0.323 e. The number of carbonyl (C=O) groups is 1. The summed E-state index contributed by atoms with van der Waals surface area (Å²) in [6.45, 7) is 4.77. The number of imidazole rings is 1. The zero-order chi connectivity index (χ0) is 15.7. The summed E-state index contributed by atoms with van der Waals surface area (Å²) < 4.78 is 0. The summed E-state index contributed by atoms with van der Waals surface area (Å²) in [6.07, 6.45) is 1.35. The molecule has 2 aromatic rings. The Morgan fingerprint density at radius 2 is 2.05 bits per heavy atom. The zero-order valence-corrected chi connectivity index (χ0v) is 13.1. The van der Waals surface area contributed by atoms with Gasteiger partial charge in [0.2, 0.25) is 5.91 Å². The fourth-order valence-electron chi connectivity index (χ4n) is 3.15. The Bertz CT molecular complexity index is 733. The molecule has 1 aromatic heterocycles. The van der Waals surface area contributed by atoms with Gasteiger partial charge in [-0.25, -0.2) is 4.79 Å². The molecule has 1 fully saturated rings. The SMILES string of the molecule is CCC1CN(C)CCN1C(=O)Cc1ccc2[nH]c(=O)[nH]c2c1. The van der Waals surface area contributed by atoms with E-state index in [1.165, 1.54) is 0 Å². The minimum atomic E-state index is -0.219. The maximum Gasteiger partial charge on any atom is 0.323 e. The lowest BCUT2D eigenvalue weighted by atomic mass is 10.1. The van der Waals surface area contributed by atoms with Gasteiger partial charge in [-0.2, -0.15) is 0 Å². The Morgan fingerprint density at radius 3 is 2.82 bits per heavy atom. The van der Waals surface area contributed by atoms with Crippen LogP contribution in [0.1, 0.15) is 18.9 Å². The molecule has 1 aliphatic heterocycles. The van der Waals surface area contributed by atoms with Crippen molar-refractivity contribution in [3.05, 3.63) is 34.2 Å². The fourth-order valence-corrected chi connectivity index (χ4v) is 3.15. The van der Waals surface area contributed by atoms with E-state index in [0.717, 1.165) is 42.7 Å². The van der Waals surface area contributed by atoms with Crippen molar-refractivity contribution in [3.63, 3.8) is 0 Å². The van der Waals surface area contributed by atoms with E-state index in [4.69, 9.17) is 0 Å². The molecule has 22 heavy (non-hydrogen) atoms. The summed E-state index contributed by atoms with van der Waals surface area (Å²) in [6, 6.07) is 5.92. The fraction of sp³-hybridized carbons (Fsp3) is 0.500. The standard InChI is InChI=1S/C16H22N4O2/c1-3-12-10-19(2)6-7-20(12)15(21)9-11-4-5-13-14(8-11)18-16(22)17-13/h4-5,8,12H,3,6-7,9-10H2,1-2H3,(H2,17,18,22). The van der Waals surface area contributed by atoms with Gasteiger partial charge in [-0.1, -0.05) is 13.0 Å². The Labute approximate surface area is 129 Å². The first-order valence-electron chi connectivity index (χ1n) is 7.75. The molecular formula is C16H22N4O2. The number of hydrogen-bond donors (Lipinski definition) is 2. The third kappa shape index (κ3) is 2.92. The molecule has 1 aromatic carbocycles. The number of aromatic amines is 2. The molecule has 2 heterocycles. The second-order valence-corrected chi connectivity index (χ2v) is 6.05. The van der Waals surface area contributed by atoms with Gasteiger partial charge in [0, 0.05) is 25.7 Å². The van der Waals surface area contributed by atoms with Crippen molar-refractivity contribution < 1.29 is 4.79 Å². The molecule has 1 unspecified atom stereocenters. The van der Waals surface area contributed by atoms with Crippen LogP contribution in [0.15, 0.2) is 23.0 Å². The predicted molar refractivity (Wildman–Crippen MR) is 85.9 cm³/mol. The van der Waals surface area contributed by atoms with E-state index in [0.29, 0.717) is 12.5 Å². The largest absolute Gasteiger partial charge is 0.337 e. The van der Waals surface area contributed by atoms with Gasteiger partial charge < -0.3 is 19.8 Å². The molecule has 1 atom stereocenters. The van der Waals surface area contributed by atoms with Crippen molar-refractivity contribution in [2.75, 3.05) is 26.7 Å². The molecule has 3 rings (SSSR count). The van der Waals surface area contributed by atoms with Crippen molar-refractivity contribution in [3.8, 4) is 0 Å². The third-order valence-electron chi connectivity index (χ3n) is 4.41. The van der Waals surface area contributed by atoms with Crippen LogP contribution in [0.5, 0.6) is 0 Å². The minimum Gasteiger partial charge on any atom is -0.337 e. The number of likely N-dealkylation sites (N-methyl/N-ethyl adjacent to an activating group) is 1. The molecule has 2 N–H and O–H groups in total. The van der Waals surface area contributed by atoms with E-state index in [9.17, 15) is 9.59 Å². The molecule has 1 saturated heterocycles. The zero-order valence-electron chi connectivity index (χ0n) is 13.1. The van der Waals surface area contributed by atoms with Crippen molar-refractivity contribution in [2.24, 2.45) is 0 Å². The van der Waals surface area contributed by atoms with Crippen LogP contribution in [0.2, 0.25) is 0 Å². The third-order valence-corrected chi connectivity index (χ3v) is 4.41. The maximum absolute atomic E-state index is 12.6. The second kappa shape index (κ2) is 5.96. The van der Waals surface area contributed by atoms with Crippen molar-refractivity contribution in [1.29, 1.82) is 0 Å². The summed E-state index contributed by atoms with van der Waals surface area (Å²) in [4.78, 5) is 33.6. The van der Waals surface area contributed by atoms with E-state index in [1.54, 1.807) is 0 Å². The number of piperazine rings is 1. The number of hydrogen-bond acceptors (Lipinski definition) is 3. The topological polar surface area (TPSA) is 72.2 Å². The summed E-state index contributed by atoms with van der Waals surface area (Å²) in [5, 5.41) is 0. The summed E-state index contributed by atoms with van der Waals surface area (Å²) >= 11 is 0. The number of nitrogens with zero attached hydrogens (tertiary/aromatic N) is 2. The maximum atomic E-state index is 12.6. The van der Waals surface area contributed by atoms with Crippen LogP contribution >= 0.6 is 0 Å². The van der Waals surface area contributed by atoms with Crippen LogP contribution in [0.4, 0.5) is 0 Å². The number of nitrogens with one attached hydrogen (secondary N) is 2. The summed E-state index contributed by atoms with van der Waals surface area (Å²) in [5.41, 5.74) is 2.23. The van der Waals surface area contributed by atoms with Crippen molar-refractivity contribution in [2.45, 2.75) is 25.8 Å². The average molecular weight is 302 g/mol. The number of aromatic nitrogens is 2. The first-order valence-corrected chi connectivity index (χ1v) is 7.75. The number of benzene rings is 1. The van der Waals surface area contributed by atoms with Crippen LogP contribution < -0.4 is 5.69 Å². The lowest BCUT2D eigenvalue weighted by molar-refractivity contribution is -0.135. The van der Waals surface area contributed by atoms with E-state index >= 15 is 0 Å². The summed E-state index contributed by atoms with van der Waals surface area (Å²) in [5.74, 6) is 0.164. The molecule has 0 saturated carbocycles. The van der Waals surface area contributed by atoms with E-state index in [1.807, 2.05) is 23.1 Å². The van der Waals surface area contributed by atoms with Crippen LogP contribution in [0.3, 0.4) is 0 Å². The number of H-pyrrole nitrogens is 2. The summed E-state index contributed by atoms with van der Waals surface area (Å²) in [7, 11) is 2.10. The van der Waals surface area contributed by atoms with Gasteiger partial charge in [-0.3, -0.25) is 4.79 Å². The normalized spacial score (nSPS) is 19.7. The lowest BCUT2D eigenvalue weighted by Crippen LogP contribution is -2.54. The van der Waals surface area contributed by atoms with Crippen LogP contribution in [0.25, 0.3) is 11.0 Å². The van der Waals surface area contributed by atoms with Gasteiger partial charge in [-0.15, -0.1) is 0 Å². The Balaban J connectivity index is 1.75. The highest BCUT2D eigenvalue weighted by atomic mass is 16.2. The van der Waals surface area contributed by atoms with E-state index in [-0.39, 0.29) is 11.6 Å². The van der Waals surface area contributed by atoms with Gasteiger partial charge in [0.05, 0.1) is 17.5 Å². The quantitative estimate of drug-likeness (QED) is 0.887. The Morgan fingerprint density at radius 1 is 1.27 bits per heavy atom. The number of rotatable bonds is 3. The van der Waals surface area contributed by atoms with E-state index in [2.05, 4.69) is 28.8 Å². The Hall–Kier alpha value is -2.08. The predicted octanol–water partition coefficient (Wildman–Crippen LogP) is 0.951. The van der Waals surface area contributed by atoms with Crippen LogP contribution in [-0.2, 0) is 11.2 Å². The van der Waals surface area contributed by atoms with Crippen LogP contribution in [0, 0.1) is 0 Å². The van der Waals surface area contributed by atoms with Gasteiger partial charge in [-0.05, 0) is 31.2 Å². The first kappa shape index (κ1) is 14.8. The number of carbonyl (C=O) groups excluding carboxylic acids is 1. The van der Waals surface area contributed by atoms with Crippen molar-refractivity contribution in [1.82, 2.24) is 19.8 Å².